The smallest absolute Gasteiger partial charge is 0.337 e. The summed E-state index contributed by atoms with van der Waals surface area (Å²) in [6, 6.07) is 13.2. The van der Waals surface area contributed by atoms with Gasteiger partial charge in [-0.15, -0.1) is 0 Å². The van der Waals surface area contributed by atoms with Crippen LogP contribution in [0.1, 0.15) is 33.3 Å². The van der Waals surface area contributed by atoms with E-state index in [1.165, 1.54) is 32.4 Å². The number of amides is 1. The van der Waals surface area contributed by atoms with E-state index in [2.05, 4.69) is 5.16 Å². The van der Waals surface area contributed by atoms with Gasteiger partial charge in [-0.25, -0.2) is 4.79 Å². The molecule has 168 valence electrons. The van der Waals surface area contributed by atoms with Gasteiger partial charge in [0.1, 0.15) is 17.3 Å². The molecule has 1 amide bonds. The second-order valence-electron chi connectivity index (χ2n) is 7.31. The number of anilines is 1. The van der Waals surface area contributed by atoms with Crippen LogP contribution in [-0.4, -0.2) is 42.1 Å². The standard InChI is InChI=1S/C24H20N2O7/c1-13-11-18(25-33-13)26-20(14-7-9-15(10-8-14)24(30)32-3)19(22(28)23(26)29)21(27)16-5-4-6-17(12-16)31-2/h4-12,20,27H,1-3H3. The molecule has 0 bridgehead atoms. The van der Waals surface area contributed by atoms with E-state index in [1.807, 2.05) is 0 Å². The number of hydrogen-bond donors (Lipinski definition) is 1. The molecule has 1 unspecified atom stereocenters. The molecule has 2 aromatic carbocycles. The lowest BCUT2D eigenvalue weighted by Crippen LogP contribution is -2.29. The number of ketones is 1. The Labute approximate surface area is 188 Å². The molecule has 3 aromatic rings. The first-order chi connectivity index (χ1) is 15.8. The summed E-state index contributed by atoms with van der Waals surface area (Å²) >= 11 is 0. The maximum Gasteiger partial charge on any atom is 0.337 e. The number of methoxy groups -OCH3 is 2. The number of esters is 1. The van der Waals surface area contributed by atoms with E-state index < -0.39 is 23.7 Å². The molecule has 0 aliphatic carbocycles. The van der Waals surface area contributed by atoms with Gasteiger partial charge in [-0.1, -0.05) is 29.4 Å². The first kappa shape index (κ1) is 21.8. The minimum atomic E-state index is -1.01. The lowest BCUT2D eigenvalue weighted by Gasteiger charge is -2.23. The number of carbonyl (C=O) groups is 3. The van der Waals surface area contributed by atoms with Crippen molar-refractivity contribution in [2.75, 3.05) is 19.1 Å². The van der Waals surface area contributed by atoms with Gasteiger partial charge in [0, 0.05) is 11.6 Å². The lowest BCUT2D eigenvalue weighted by molar-refractivity contribution is -0.132. The Hall–Kier alpha value is -4.40. The zero-order valence-corrected chi connectivity index (χ0v) is 18.1. The number of aryl methyl sites for hydroxylation is 1. The monoisotopic (exact) mass is 448 g/mol. The van der Waals surface area contributed by atoms with Crippen molar-refractivity contribution in [2.45, 2.75) is 13.0 Å². The third kappa shape index (κ3) is 3.84. The van der Waals surface area contributed by atoms with Crippen LogP contribution < -0.4 is 9.64 Å². The zero-order chi connectivity index (χ0) is 23.7. The Balaban J connectivity index is 1.91. The summed E-state index contributed by atoms with van der Waals surface area (Å²) in [4.78, 5) is 39.1. The predicted molar refractivity (Wildman–Crippen MR) is 117 cm³/mol. The minimum absolute atomic E-state index is 0.125. The predicted octanol–water partition coefficient (Wildman–Crippen LogP) is 3.40. The Bertz CT molecular complexity index is 1270. The zero-order valence-electron chi connectivity index (χ0n) is 18.1. The molecule has 1 fully saturated rings. The number of aliphatic hydroxyl groups excluding tert-OH is 1. The molecule has 1 saturated heterocycles. The number of Topliss-reactive ketones (excluding diaryl/α,β-unsaturated/α-hetero) is 1. The van der Waals surface area contributed by atoms with E-state index in [0.717, 1.165) is 4.90 Å². The molecule has 9 nitrogen and oxygen atoms in total. The number of aliphatic hydroxyl groups is 1. The fraction of sp³-hybridized carbons (Fsp3) is 0.167. The third-order valence-corrected chi connectivity index (χ3v) is 5.30. The molecule has 1 aliphatic heterocycles. The molecule has 1 atom stereocenters. The number of hydrogen-bond acceptors (Lipinski definition) is 8. The molecule has 0 saturated carbocycles. The summed E-state index contributed by atoms with van der Waals surface area (Å²) in [5.74, 6) is -1.59. The Kier molecular flexibility index (Phi) is 5.70. The lowest BCUT2D eigenvalue weighted by atomic mass is 9.94. The van der Waals surface area contributed by atoms with E-state index in [-0.39, 0.29) is 17.2 Å². The van der Waals surface area contributed by atoms with Crippen LogP contribution in [0.3, 0.4) is 0 Å². The van der Waals surface area contributed by atoms with Crippen molar-refractivity contribution in [1.29, 1.82) is 0 Å². The van der Waals surface area contributed by atoms with Crippen LogP contribution in [0.25, 0.3) is 5.76 Å². The highest BCUT2D eigenvalue weighted by atomic mass is 16.5. The largest absolute Gasteiger partial charge is 0.507 e. The highest BCUT2D eigenvalue weighted by molar-refractivity contribution is 6.51. The molecule has 4 rings (SSSR count). The number of rotatable bonds is 5. The number of ether oxygens (including phenoxy) is 2. The van der Waals surface area contributed by atoms with Crippen LogP contribution >= 0.6 is 0 Å². The molecule has 0 radical (unpaired) electrons. The van der Waals surface area contributed by atoms with Gasteiger partial charge in [0.25, 0.3) is 5.78 Å². The maximum absolute atomic E-state index is 13.1. The Morgan fingerprint density at radius 2 is 1.79 bits per heavy atom. The summed E-state index contributed by atoms with van der Waals surface area (Å²) < 4.78 is 15.0. The summed E-state index contributed by atoms with van der Waals surface area (Å²) in [5.41, 5.74) is 0.954. The second-order valence-corrected chi connectivity index (χ2v) is 7.31. The Morgan fingerprint density at radius 3 is 2.39 bits per heavy atom. The third-order valence-electron chi connectivity index (χ3n) is 5.30. The topological polar surface area (TPSA) is 119 Å². The summed E-state index contributed by atoms with van der Waals surface area (Å²) in [7, 11) is 2.75. The molecule has 9 heteroatoms. The first-order valence-electron chi connectivity index (χ1n) is 9.92. The average molecular weight is 448 g/mol. The van der Waals surface area contributed by atoms with Crippen LogP contribution in [0.5, 0.6) is 5.75 Å². The first-order valence-corrected chi connectivity index (χ1v) is 9.92. The van der Waals surface area contributed by atoms with Gasteiger partial charge in [-0.05, 0) is 36.8 Å². The van der Waals surface area contributed by atoms with Crippen LogP contribution in [0.2, 0.25) is 0 Å². The van der Waals surface area contributed by atoms with Gasteiger partial charge in [-0.2, -0.15) is 0 Å². The van der Waals surface area contributed by atoms with E-state index >= 15 is 0 Å². The van der Waals surface area contributed by atoms with Crippen LogP contribution in [0, 0.1) is 6.92 Å². The van der Waals surface area contributed by atoms with Crippen LogP contribution in [-0.2, 0) is 14.3 Å². The van der Waals surface area contributed by atoms with Crippen molar-refractivity contribution in [3.05, 3.63) is 82.6 Å². The van der Waals surface area contributed by atoms with Crippen molar-refractivity contribution in [3.8, 4) is 5.75 Å². The van der Waals surface area contributed by atoms with Crippen molar-refractivity contribution < 1.29 is 33.5 Å². The molecule has 1 N–H and O–H groups in total. The van der Waals surface area contributed by atoms with E-state index in [9.17, 15) is 19.5 Å². The van der Waals surface area contributed by atoms with Crippen molar-refractivity contribution in [1.82, 2.24) is 5.16 Å². The minimum Gasteiger partial charge on any atom is -0.507 e. The normalized spacial score (nSPS) is 17.3. The highest BCUT2D eigenvalue weighted by Crippen LogP contribution is 2.42. The van der Waals surface area contributed by atoms with Gasteiger partial charge in [0.15, 0.2) is 5.82 Å². The molecule has 0 spiro atoms. The number of aromatic nitrogens is 1. The van der Waals surface area contributed by atoms with Crippen molar-refractivity contribution >= 4 is 29.2 Å². The quantitative estimate of drug-likeness (QED) is 0.273. The molecule has 1 aliphatic rings. The fourth-order valence-corrected chi connectivity index (χ4v) is 3.70. The van der Waals surface area contributed by atoms with E-state index in [4.69, 9.17) is 14.0 Å². The molecular weight excluding hydrogens is 428 g/mol. The number of nitrogens with zero attached hydrogens (tertiary/aromatic N) is 2. The van der Waals surface area contributed by atoms with Gasteiger partial charge < -0.3 is 19.1 Å². The molecule has 1 aromatic heterocycles. The average Bonchev–Trinajstić information content (AvgIpc) is 3.38. The SMILES string of the molecule is COC(=O)c1ccc(C2C(=C(O)c3cccc(OC)c3)C(=O)C(=O)N2c2cc(C)on2)cc1. The van der Waals surface area contributed by atoms with E-state index in [1.54, 1.807) is 43.3 Å². The van der Waals surface area contributed by atoms with Gasteiger partial charge in [0.05, 0.1) is 31.4 Å². The molecule has 33 heavy (non-hydrogen) atoms. The van der Waals surface area contributed by atoms with E-state index in [0.29, 0.717) is 28.2 Å². The summed E-state index contributed by atoms with van der Waals surface area (Å²) in [5, 5.41) is 15.0. The van der Waals surface area contributed by atoms with Crippen molar-refractivity contribution in [2.24, 2.45) is 0 Å². The number of carbonyl (C=O) groups excluding carboxylic acids is 3. The summed E-state index contributed by atoms with van der Waals surface area (Å²) in [6.07, 6.45) is 0. The maximum atomic E-state index is 13.1. The molecule has 2 heterocycles. The Morgan fingerprint density at radius 1 is 1.06 bits per heavy atom. The fourth-order valence-electron chi connectivity index (χ4n) is 3.70. The van der Waals surface area contributed by atoms with Gasteiger partial charge in [-0.3, -0.25) is 14.5 Å². The van der Waals surface area contributed by atoms with Crippen LogP contribution in [0.4, 0.5) is 5.82 Å². The summed E-state index contributed by atoms with van der Waals surface area (Å²) in [6.45, 7) is 1.66. The number of benzene rings is 2. The van der Waals surface area contributed by atoms with Gasteiger partial charge >= 0.3 is 11.9 Å². The van der Waals surface area contributed by atoms with Crippen LogP contribution in [0.15, 0.2) is 64.7 Å². The highest BCUT2D eigenvalue weighted by Gasteiger charge is 2.48. The molecular formula is C24H20N2O7. The van der Waals surface area contributed by atoms with Crippen molar-refractivity contribution in [3.63, 3.8) is 0 Å². The second kappa shape index (κ2) is 8.62. The van der Waals surface area contributed by atoms with Gasteiger partial charge in [0.2, 0.25) is 0 Å².